The molecule has 38 heavy (non-hydrogen) atoms. The number of benzene rings is 2. The van der Waals surface area contributed by atoms with Gasteiger partial charge in [-0.05, 0) is 69.2 Å². The van der Waals surface area contributed by atoms with Crippen molar-refractivity contribution in [2.45, 2.75) is 39.8 Å². The summed E-state index contributed by atoms with van der Waals surface area (Å²) in [6.45, 7) is 7.60. The van der Waals surface area contributed by atoms with Gasteiger partial charge in [0.05, 0.1) is 41.7 Å². The van der Waals surface area contributed by atoms with Gasteiger partial charge in [0.2, 0.25) is 0 Å². The van der Waals surface area contributed by atoms with Gasteiger partial charge in [0.25, 0.3) is 5.56 Å². The van der Waals surface area contributed by atoms with Crippen LogP contribution in [0.5, 0.6) is 11.5 Å². The summed E-state index contributed by atoms with van der Waals surface area (Å²) in [5.74, 6) is 0.587. The lowest BCUT2D eigenvalue weighted by atomic mass is 9.95. The van der Waals surface area contributed by atoms with Crippen LogP contribution in [0.25, 0.3) is 6.08 Å². The van der Waals surface area contributed by atoms with E-state index in [4.69, 9.17) is 14.2 Å². The van der Waals surface area contributed by atoms with Crippen molar-refractivity contribution in [3.8, 4) is 11.5 Å². The Kier molecular flexibility index (Phi) is 8.06. The zero-order valence-corrected chi connectivity index (χ0v) is 23.6. The molecular weight excluding hydrogens is 502 g/mol. The van der Waals surface area contributed by atoms with Crippen molar-refractivity contribution >= 4 is 29.1 Å². The molecule has 4 rings (SSSR count). The molecule has 0 N–H and O–H groups in total. The maximum atomic E-state index is 13.8. The lowest BCUT2D eigenvalue weighted by Gasteiger charge is -2.25. The van der Waals surface area contributed by atoms with Crippen molar-refractivity contribution in [3.05, 3.63) is 84.5 Å². The molecule has 0 bridgehead atoms. The predicted octanol–water partition coefficient (Wildman–Crippen LogP) is 3.66. The molecule has 0 unspecified atom stereocenters. The number of hydrogen-bond donors (Lipinski definition) is 0. The van der Waals surface area contributed by atoms with E-state index in [0.29, 0.717) is 37.7 Å². The van der Waals surface area contributed by atoms with E-state index in [2.05, 4.69) is 4.99 Å². The lowest BCUT2D eigenvalue weighted by molar-refractivity contribution is -0.139. The van der Waals surface area contributed by atoms with Gasteiger partial charge < -0.3 is 19.1 Å². The van der Waals surface area contributed by atoms with Crippen molar-refractivity contribution in [2.24, 2.45) is 4.99 Å². The van der Waals surface area contributed by atoms with E-state index >= 15 is 0 Å². The van der Waals surface area contributed by atoms with Gasteiger partial charge in [-0.1, -0.05) is 29.5 Å². The van der Waals surface area contributed by atoms with Crippen molar-refractivity contribution in [1.82, 2.24) is 4.57 Å². The lowest BCUT2D eigenvalue weighted by Crippen LogP contribution is -2.40. The van der Waals surface area contributed by atoms with E-state index in [-0.39, 0.29) is 18.3 Å². The van der Waals surface area contributed by atoms with Crippen LogP contribution in [0.2, 0.25) is 0 Å². The molecule has 8 nitrogen and oxygen atoms in total. The first kappa shape index (κ1) is 27.2. The van der Waals surface area contributed by atoms with Crippen LogP contribution in [0.3, 0.4) is 0 Å². The molecule has 2 aromatic carbocycles. The molecule has 0 radical (unpaired) electrons. The minimum Gasteiger partial charge on any atom is -0.493 e. The number of anilines is 1. The zero-order valence-electron chi connectivity index (χ0n) is 22.8. The summed E-state index contributed by atoms with van der Waals surface area (Å²) >= 11 is 1.29. The molecule has 1 atom stereocenters. The van der Waals surface area contributed by atoms with Crippen molar-refractivity contribution in [1.29, 1.82) is 0 Å². The van der Waals surface area contributed by atoms with Gasteiger partial charge in [-0.2, -0.15) is 0 Å². The average molecular weight is 536 g/mol. The molecule has 2 heterocycles. The van der Waals surface area contributed by atoms with Gasteiger partial charge in [-0.25, -0.2) is 9.79 Å². The highest BCUT2D eigenvalue weighted by atomic mass is 32.1. The van der Waals surface area contributed by atoms with Crippen LogP contribution in [-0.4, -0.2) is 44.5 Å². The van der Waals surface area contributed by atoms with E-state index in [1.807, 2.05) is 69.3 Å². The van der Waals surface area contributed by atoms with Gasteiger partial charge in [-0.3, -0.25) is 9.36 Å². The smallest absolute Gasteiger partial charge is 0.338 e. The van der Waals surface area contributed by atoms with Crippen LogP contribution < -0.4 is 29.3 Å². The molecular formula is C29H33N3O5S. The predicted molar refractivity (Wildman–Crippen MR) is 150 cm³/mol. The van der Waals surface area contributed by atoms with Gasteiger partial charge in [-0.15, -0.1) is 0 Å². The Labute approximate surface area is 226 Å². The number of allylic oxidation sites excluding steroid dienone is 1. The number of methoxy groups -OCH3 is 1. The number of esters is 1. The Morgan fingerprint density at radius 2 is 1.87 bits per heavy atom. The van der Waals surface area contributed by atoms with Gasteiger partial charge in [0.15, 0.2) is 16.3 Å². The Morgan fingerprint density at radius 3 is 2.47 bits per heavy atom. The van der Waals surface area contributed by atoms with E-state index in [1.165, 1.54) is 11.3 Å². The molecule has 0 amide bonds. The standard InChI is InChI=1S/C29H33N3O5S/c1-8-36-28(34)25-18(4)30-29-32(26(25)20-11-14-22(37-17(2)3)23(16-20)35-7)27(33)24(38-29)15-19-9-12-21(13-10-19)31(5)6/h9-17,26H,8H2,1-7H3/b24-15-/t26-/m0/s1. The Hall–Kier alpha value is -3.85. The first-order valence-corrected chi connectivity index (χ1v) is 13.3. The minimum absolute atomic E-state index is 0.0450. The van der Waals surface area contributed by atoms with Crippen molar-refractivity contribution < 1.29 is 19.0 Å². The fourth-order valence-electron chi connectivity index (χ4n) is 4.33. The van der Waals surface area contributed by atoms with E-state index in [1.54, 1.807) is 37.7 Å². The summed E-state index contributed by atoms with van der Waals surface area (Å²) < 4.78 is 19.0. The SMILES string of the molecule is CCOC(=O)C1=C(C)N=c2s/c(=C\c3ccc(N(C)C)cc3)c(=O)n2[C@H]1c1ccc(OC(C)C)c(OC)c1. The first-order chi connectivity index (χ1) is 18.1. The van der Waals surface area contributed by atoms with Crippen LogP contribution in [0.4, 0.5) is 5.69 Å². The van der Waals surface area contributed by atoms with Crippen LogP contribution >= 0.6 is 11.3 Å². The summed E-state index contributed by atoms with van der Waals surface area (Å²) in [6, 6.07) is 12.7. The van der Waals surface area contributed by atoms with Gasteiger partial charge in [0, 0.05) is 19.8 Å². The van der Waals surface area contributed by atoms with Crippen LogP contribution in [-0.2, 0) is 9.53 Å². The largest absolute Gasteiger partial charge is 0.493 e. The Balaban J connectivity index is 1.90. The summed E-state index contributed by atoms with van der Waals surface area (Å²) in [5.41, 5.74) is 3.26. The number of carbonyl (C=O) groups is 1. The second-order valence-electron chi connectivity index (χ2n) is 9.37. The molecule has 0 spiro atoms. The van der Waals surface area contributed by atoms with Crippen LogP contribution in [0, 0.1) is 0 Å². The summed E-state index contributed by atoms with van der Waals surface area (Å²) in [4.78, 5) is 34.1. The van der Waals surface area contributed by atoms with E-state index in [0.717, 1.165) is 11.3 Å². The fraction of sp³-hybridized carbons (Fsp3) is 0.345. The van der Waals surface area contributed by atoms with Crippen LogP contribution in [0.15, 0.2) is 63.5 Å². The van der Waals surface area contributed by atoms with Crippen molar-refractivity contribution in [3.63, 3.8) is 0 Å². The molecule has 1 aliphatic rings. The molecule has 1 aliphatic heterocycles. The number of thiazole rings is 1. The second kappa shape index (κ2) is 11.3. The Bertz CT molecular complexity index is 1550. The Morgan fingerprint density at radius 1 is 1.16 bits per heavy atom. The molecule has 0 aliphatic carbocycles. The minimum atomic E-state index is -0.731. The third-order valence-corrected chi connectivity index (χ3v) is 7.07. The normalized spacial score (nSPS) is 15.3. The summed E-state index contributed by atoms with van der Waals surface area (Å²) in [6.07, 6.45) is 1.81. The van der Waals surface area contributed by atoms with E-state index < -0.39 is 12.0 Å². The molecule has 9 heteroatoms. The third kappa shape index (κ3) is 5.38. The highest BCUT2D eigenvalue weighted by molar-refractivity contribution is 7.07. The molecule has 200 valence electrons. The molecule has 0 saturated carbocycles. The molecule has 0 saturated heterocycles. The number of nitrogens with zero attached hydrogens (tertiary/aromatic N) is 3. The quantitative estimate of drug-likeness (QED) is 0.410. The highest BCUT2D eigenvalue weighted by Crippen LogP contribution is 2.36. The third-order valence-electron chi connectivity index (χ3n) is 6.09. The maximum absolute atomic E-state index is 13.8. The van der Waals surface area contributed by atoms with Gasteiger partial charge in [0.1, 0.15) is 0 Å². The molecule has 0 fully saturated rings. The van der Waals surface area contributed by atoms with Crippen LogP contribution in [0.1, 0.15) is 44.9 Å². The van der Waals surface area contributed by atoms with E-state index in [9.17, 15) is 9.59 Å². The number of ether oxygens (including phenoxy) is 3. The molecule has 3 aromatic rings. The highest BCUT2D eigenvalue weighted by Gasteiger charge is 2.34. The van der Waals surface area contributed by atoms with Crippen molar-refractivity contribution in [2.75, 3.05) is 32.7 Å². The fourth-order valence-corrected chi connectivity index (χ4v) is 5.38. The number of fused-ring (bicyclic) bond motifs is 1. The number of aromatic nitrogens is 1. The topological polar surface area (TPSA) is 82.4 Å². The monoisotopic (exact) mass is 535 g/mol. The number of rotatable bonds is 8. The number of hydrogen-bond acceptors (Lipinski definition) is 8. The number of carbonyl (C=O) groups excluding carboxylic acids is 1. The molecule has 1 aromatic heterocycles. The summed E-state index contributed by atoms with van der Waals surface area (Å²) in [7, 11) is 5.52. The first-order valence-electron chi connectivity index (χ1n) is 12.5. The summed E-state index contributed by atoms with van der Waals surface area (Å²) in [5, 5.41) is 0. The second-order valence-corrected chi connectivity index (χ2v) is 10.4. The van der Waals surface area contributed by atoms with Gasteiger partial charge >= 0.3 is 5.97 Å². The maximum Gasteiger partial charge on any atom is 0.338 e. The average Bonchev–Trinajstić information content (AvgIpc) is 3.17. The zero-order chi connectivity index (χ0) is 27.6.